The van der Waals surface area contributed by atoms with Crippen LogP contribution in [0.3, 0.4) is 0 Å². The summed E-state index contributed by atoms with van der Waals surface area (Å²) in [6.07, 6.45) is 1.04. The van der Waals surface area contributed by atoms with Gasteiger partial charge in [0.05, 0.1) is 11.9 Å². The van der Waals surface area contributed by atoms with Crippen LogP contribution in [0.5, 0.6) is 0 Å². The number of benzene rings is 2. The van der Waals surface area contributed by atoms with Gasteiger partial charge in [-0.2, -0.15) is 0 Å². The first-order chi connectivity index (χ1) is 16.0. The molecule has 2 rings (SSSR count). The number of nitrogens with zero attached hydrogens (tertiary/aromatic N) is 2. The molecule has 0 bridgehead atoms. The number of carbonyl (C=O) groups excluding carboxylic acids is 2. The van der Waals surface area contributed by atoms with Crippen LogP contribution >= 0.6 is 23.2 Å². The van der Waals surface area contributed by atoms with Gasteiger partial charge < -0.3 is 10.2 Å². The molecule has 0 heterocycles. The molecule has 2 amide bonds. The molecule has 0 aromatic heterocycles. The van der Waals surface area contributed by atoms with Crippen molar-refractivity contribution in [1.29, 1.82) is 0 Å². The Balaban J connectivity index is 2.20. The third-order valence-corrected chi connectivity index (χ3v) is 6.91. The van der Waals surface area contributed by atoms with E-state index in [2.05, 4.69) is 5.32 Å². The topological polar surface area (TPSA) is 86.8 Å². The zero-order chi connectivity index (χ0) is 25.5. The van der Waals surface area contributed by atoms with Gasteiger partial charge in [0.1, 0.15) is 11.9 Å². The van der Waals surface area contributed by atoms with E-state index in [1.807, 2.05) is 0 Å². The molecule has 1 atom stereocenters. The Bertz CT molecular complexity index is 1130. The summed E-state index contributed by atoms with van der Waals surface area (Å²) in [5.41, 5.74) is 0.526. The lowest BCUT2D eigenvalue weighted by molar-refractivity contribution is -0.140. The first kappa shape index (κ1) is 27.9. The van der Waals surface area contributed by atoms with E-state index in [4.69, 9.17) is 23.2 Å². The van der Waals surface area contributed by atoms with Gasteiger partial charge in [-0.15, -0.1) is 0 Å². The fourth-order valence-electron chi connectivity index (χ4n) is 3.37. The fourth-order valence-corrected chi connectivity index (χ4v) is 4.81. The molecule has 1 N–H and O–H groups in total. The van der Waals surface area contributed by atoms with E-state index < -0.39 is 21.9 Å². The van der Waals surface area contributed by atoms with Crippen LogP contribution < -0.4 is 9.62 Å². The Morgan fingerprint density at radius 1 is 1.15 bits per heavy atom. The minimum Gasteiger partial charge on any atom is -0.355 e. The number of para-hydroxylation sites is 1. The molecular formula is C23H28Cl2FN3O4S. The number of sulfonamides is 1. The molecule has 0 aliphatic heterocycles. The third-order valence-electron chi connectivity index (χ3n) is 5.15. The average Bonchev–Trinajstić information content (AvgIpc) is 2.75. The third kappa shape index (κ3) is 7.58. The van der Waals surface area contributed by atoms with E-state index in [1.165, 1.54) is 29.2 Å². The predicted octanol–water partition coefficient (Wildman–Crippen LogP) is 4.23. The van der Waals surface area contributed by atoms with Gasteiger partial charge in [-0.1, -0.05) is 41.4 Å². The largest absolute Gasteiger partial charge is 0.355 e. The van der Waals surface area contributed by atoms with Crippen molar-refractivity contribution in [3.63, 3.8) is 0 Å². The van der Waals surface area contributed by atoms with Gasteiger partial charge >= 0.3 is 0 Å². The van der Waals surface area contributed by atoms with Gasteiger partial charge in [0.25, 0.3) is 0 Å². The molecule has 0 radical (unpaired) electrons. The maximum absolute atomic E-state index is 14.2. The SMILES string of the molecule is CCNC(=O)C(C)N(Cc1ccc(Cl)cc1Cl)C(=O)CCCN(c1ccccc1F)S(C)(=O)=O. The van der Waals surface area contributed by atoms with Crippen LogP contribution in [0.4, 0.5) is 10.1 Å². The molecule has 0 saturated heterocycles. The Hall–Kier alpha value is -2.36. The average molecular weight is 532 g/mol. The van der Waals surface area contributed by atoms with E-state index in [0.717, 1.165) is 10.6 Å². The monoisotopic (exact) mass is 531 g/mol. The maximum atomic E-state index is 14.2. The Morgan fingerprint density at radius 2 is 1.82 bits per heavy atom. The maximum Gasteiger partial charge on any atom is 0.242 e. The number of hydrogen-bond acceptors (Lipinski definition) is 4. The number of hydrogen-bond donors (Lipinski definition) is 1. The molecule has 2 aromatic carbocycles. The number of nitrogens with one attached hydrogen (secondary N) is 1. The standard InChI is InChI=1S/C23H28Cl2FN3O4S/c1-4-27-23(31)16(2)28(15-17-11-12-18(24)14-19(17)25)22(30)10-7-13-29(34(3,32)33)21-9-6-5-8-20(21)26/h5-6,8-9,11-12,14,16H,4,7,10,13,15H2,1-3H3,(H,27,31). The summed E-state index contributed by atoms with van der Waals surface area (Å²) in [6.45, 7) is 3.75. The molecule has 34 heavy (non-hydrogen) atoms. The summed E-state index contributed by atoms with van der Waals surface area (Å²) in [5.74, 6) is -1.38. The van der Waals surface area contributed by atoms with Gasteiger partial charge in [-0.05, 0) is 50.1 Å². The second-order valence-corrected chi connectivity index (χ2v) is 10.5. The van der Waals surface area contributed by atoms with Crippen molar-refractivity contribution in [3.05, 3.63) is 63.9 Å². The van der Waals surface area contributed by atoms with E-state index in [-0.39, 0.29) is 43.4 Å². The molecule has 0 fully saturated rings. The first-order valence-corrected chi connectivity index (χ1v) is 13.3. The number of likely N-dealkylation sites (N-methyl/N-ethyl adjacent to an activating group) is 1. The van der Waals surface area contributed by atoms with Crippen molar-refractivity contribution in [2.75, 3.05) is 23.7 Å². The van der Waals surface area contributed by atoms with Crippen molar-refractivity contribution in [2.45, 2.75) is 39.3 Å². The van der Waals surface area contributed by atoms with Crippen molar-refractivity contribution >= 4 is 50.7 Å². The van der Waals surface area contributed by atoms with Gasteiger partial charge in [0.15, 0.2) is 0 Å². The highest BCUT2D eigenvalue weighted by Crippen LogP contribution is 2.25. The summed E-state index contributed by atoms with van der Waals surface area (Å²) >= 11 is 12.2. The number of anilines is 1. The molecule has 11 heteroatoms. The van der Waals surface area contributed by atoms with Crippen LogP contribution in [0, 0.1) is 5.82 Å². The van der Waals surface area contributed by atoms with E-state index in [0.29, 0.717) is 22.2 Å². The molecule has 0 aliphatic carbocycles. The van der Waals surface area contributed by atoms with Gasteiger partial charge in [-0.3, -0.25) is 13.9 Å². The molecule has 0 saturated carbocycles. The number of amides is 2. The van der Waals surface area contributed by atoms with Crippen molar-refractivity contribution in [2.24, 2.45) is 0 Å². The van der Waals surface area contributed by atoms with Crippen molar-refractivity contribution in [3.8, 4) is 0 Å². The first-order valence-electron chi connectivity index (χ1n) is 10.7. The fraction of sp³-hybridized carbons (Fsp3) is 0.391. The molecular weight excluding hydrogens is 504 g/mol. The normalized spacial score (nSPS) is 12.2. The Kier molecular flexibility index (Phi) is 10.1. The van der Waals surface area contributed by atoms with Gasteiger partial charge in [-0.25, -0.2) is 12.8 Å². The highest BCUT2D eigenvalue weighted by Gasteiger charge is 2.27. The highest BCUT2D eigenvalue weighted by molar-refractivity contribution is 7.92. The minimum absolute atomic E-state index is 0.0601. The van der Waals surface area contributed by atoms with Crippen LogP contribution in [0.15, 0.2) is 42.5 Å². The molecule has 7 nitrogen and oxygen atoms in total. The summed E-state index contributed by atoms with van der Waals surface area (Å²) in [7, 11) is -3.78. The smallest absolute Gasteiger partial charge is 0.242 e. The van der Waals surface area contributed by atoms with Crippen molar-refractivity contribution < 1.29 is 22.4 Å². The quantitative estimate of drug-likeness (QED) is 0.469. The van der Waals surface area contributed by atoms with Crippen LogP contribution in [0.2, 0.25) is 10.0 Å². The second kappa shape index (κ2) is 12.4. The summed E-state index contributed by atoms with van der Waals surface area (Å²) in [5, 5.41) is 3.50. The van der Waals surface area contributed by atoms with Gasteiger partial charge in [0.2, 0.25) is 21.8 Å². The molecule has 186 valence electrons. The van der Waals surface area contributed by atoms with E-state index in [1.54, 1.807) is 32.0 Å². The van der Waals surface area contributed by atoms with E-state index >= 15 is 0 Å². The highest BCUT2D eigenvalue weighted by atomic mass is 35.5. The lowest BCUT2D eigenvalue weighted by atomic mass is 10.1. The summed E-state index contributed by atoms with van der Waals surface area (Å²) in [4.78, 5) is 27.0. The molecule has 0 aliphatic rings. The van der Waals surface area contributed by atoms with E-state index in [9.17, 15) is 22.4 Å². The van der Waals surface area contributed by atoms with Crippen LogP contribution in [0.25, 0.3) is 0 Å². The van der Waals surface area contributed by atoms with Crippen LogP contribution in [-0.2, 0) is 26.2 Å². The summed E-state index contributed by atoms with van der Waals surface area (Å²) < 4.78 is 39.7. The number of carbonyl (C=O) groups is 2. The lowest BCUT2D eigenvalue weighted by Crippen LogP contribution is -2.47. The second-order valence-electron chi connectivity index (χ2n) is 7.72. The Morgan fingerprint density at radius 3 is 2.41 bits per heavy atom. The van der Waals surface area contributed by atoms with Gasteiger partial charge in [0, 0.05) is 36.1 Å². The number of halogens is 3. The molecule has 1 unspecified atom stereocenters. The summed E-state index contributed by atoms with van der Waals surface area (Å²) in [6, 6.07) is 9.61. The lowest BCUT2D eigenvalue weighted by Gasteiger charge is -2.29. The number of rotatable bonds is 11. The molecule has 0 spiro atoms. The zero-order valence-electron chi connectivity index (χ0n) is 19.2. The Labute approximate surface area is 209 Å². The zero-order valence-corrected chi connectivity index (χ0v) is 21.6. The molecule has 2 aromatic rings. The minimum atomic E-state index is -3.78. The van der Waals surface area contributed by atoms with Crippen LogP contribution in [0.1, 0.15) is 32.3 Å². The van der Waals surface area contributed by atoms with Crippen LogP contribution in [-0.4, -0.2) is 50.5 Å². The van der Waals surface area contributed by atoms with Crippen molar-refractivity contribution in [1.82, 2.24) is 10.2 Å². The predicted molar refractivity (Wildman–Crippen MR) is 133 cm³/mol.